The third kappa shape index (κ3) is 3.47. The van der Waals surface area contributed by atoms with E-state index < -0.39 is 24.1 Å². The molecule has 1 aliphatic heterocycles. The lowest BCUT2D eigenvalue weighted by Crippen LogP contribution is -2.48. The van der Waals surface area contributed by atoms with Crippen LogP contribution >= 0.6 is 0 Å². The summed E-state index contributed by atoms with van der Waals surface area (Å²) in [6.45, 7) is -0.493. The van der Waals surface area contributed by atoms with Crippen molar-refractivity contribution in [2.24, 2.45) is 5.41 Å². The van der Waals surface area contributed by atoms with Gasteiger partial charge in [0.1, 0.15) is 19.0 Å². The fourth-order valence-corrected chi connectivity index (χ4v) is 2.17. The smallest absolute Gasteiger partial charge is 0.406 e. The third-order valence-electron chi connectivity index (χ3n) is 3.42. The zero-order valence-corrected chi connectivity index (χ0v) is 11.3. The molecule has 0 spiro atoms. The largest absolute Gasteiger partial charge is 0.490 e. The lowest BCUT2D eigenvalue weighted by atomic mass is 9.86. The Hall–Kier alpha value is -1.76. The van der Waals surface area contributed by atoms with Crippen molar-refractivity contribution in [3.8, 4) is 5.75 Å². The number of benzene rings is 1. The second kappa shape index (κ2) is 6.34. The van der Waals surface area contributed by atoms with Crippen molar-refractivity contribution < 1.29 is 27.4 Å². The summed E-state index contributed by atoms with van der Waals surface area (Å²) in [5.74, 6) is -0.668. The molecule has 1 N–H and O–H groups in total. The molecular formula is C14H16F3NO3. The Kier molecular flexibility index (Phi) is 4.72. The van der Waals surface area contributed by atoms with Crippen LogP contribution in [-0.4, -0.2) is 38.4 Å². The Morgan fingerprint density at radius 3 is 2.52 bits per heavy atom. The van der Waals surface area contributed by atoms with Crippen LogP contribution in [0.5, 0.6) is 5.75 Å². The van der Waals surface area contributed by atoms with Crippen LogP contribution < -0.4 is 10.1 Å². The third-order valence-corrected chi connectivity index (χ3v) is 3.42. The van der Waals surface area contributed by atoms with Crippen molar-refractivity contribution >= 4 is 5.97 Å². The molecule has 1 heterocycles. The molecule has 1 atom stereocenters. The van der Waals surface area contributed by atoms with Crippen molar-refractivity contribution in [3.63, 3.8) is 0 Å². The van der Waals surface area contributed by atoms with Gasteiger partial charge in [-0.15, -0.1) is 0 Å². The topological polar surface area (TPSA) is 47.6 Å². The highest BCUT2D eigenvalue weighted by Gasteiger charge is 2.62. The van der Waals surface area contributed by atoms with Gasteiger partial charge >= 0.3 is 12.1 Å². The van der Waals surface area contributed by atoms with Crippen molar-refractivity contribution in [2.75, 3.05) is 26.3 Å². The molecule has 1 fully saturated rings. The monoisotopic (exact) mass is 303 g/mol. The first-order valence-electron chi connectivity index (χ1n) is 6.58. The maximum atomic E-state index is 13.1. The van der Waals surface area contributed by atoms with E-state index in [0.717, 1.165) is 0 Å². The van der Waals surface area contributed by atoms with Gasteiger partial charge in [-0.25, -0.2) is 0 Å². The van der Waals surface area contributed by atoms with E-state index in [2.05, 4.69) is 5.32 Å². The van der Waals surface area contributed by atoms with Gasteiger partial charge in [0.05, 0.1) is 0 Å². The van der Waals surface area contributed by atoms with E-state index in [0.29, 0.717) is 5.75 Å². The first-order valence-corrected chi connectivity index (χ1v) is 6.58. The average Bonchev–Trinajstić information content (AvgIpc) is 2.95. The van der Waals surface area contributed by atoms with Crippen LogP contribution in [0.1, 0.15) is 6.42 Å². The first kappa shape index (κ1) is 15.6. The number of para-hydroxylation sites is 1. The zero-order chi connectivity index (χ0) is 15.3. The molecule has 1 aliphatic rings. The number of carbonyl (C=O) groups is 1. The number of halogens is 3. The van der Waals surface area contributed by atoms with Gasteiger partial charge < -0.3 is 14.8 Å². The summed E-state index contributed by atoms with van der Waals surface area (Å²) in [6.07, 6.45) is -4.91. The van der Waals surface area contributed by atoms with Crippen LogP contribution in [0.25, 0.3) is 0 Å². The number of nitrogens with one attached hydrogen (secondary N) is 1. The Bertz CT molecular complexity index is 470. The van der Waals surface area contributed by atoms with Crippen molar-refractivity contribution in [2.45, 2.75) is 12.6 Å². The lowest BCUT2D eigenvalue weighted by molar-refractivity contribution is -0.229. The molecule has 0 saturated carbocycles. The Labute approximate surface area is 120 Å². The average molecular weight is 303 g/mol. The summed E-state index contributed by atoms with van der Waals surface area (Å²) >= 11 is 0. The van der Waals surface area contributed by atoms with Gasteiger partial charge in [0.25, 0.3) is 0 Å². The van der Waals surface area contributed by atoms with Gasteiger partial charge in [-0.2, -0.15) is 13.2 Å². The summed E-state index contributed by atoms with van der Waals surface area (Å²) in [7, 11) is 0. The van der Waals surface area contributed by atoms with Crippen molar-refractivity contribution in [1.82, 2.24) is 5.32 Å². The minimum absolute atomic E-state index is 0.0110. The van der Waals surface area contributed by atoms with E-state index in [4.69, 9.17) is 9.47 Å². The van der Waals surface area contributed by atoms with Crippen LogP contribution in [0.3, 0.4) is 0 Å². The molecule has 0 aliphatic carbocycles. The molecule has 1 aromatic rings. The fourth-order valence-electron chi connectivity index (χ4n) is 2.17. The SMILES string of the molecule is O=C(OCCOc1ccccc1)C1(C(F)(F)F)CCNC1. The van der Waals surface area contributed by atoms with Crippen molar-refractivity contribution in [1.29, 1.82) is 0 Å². The predicted octanol–water partition coefficient (Wildman–Crippen LogP) is 2.15. The van der Waals surface area contributed by atoms with Crippen LogP contribution in [0, 0.1) is 5.41 Å². The van der Waals surface area contributed by atoms with E-state index in [1.807, 2.05) is 6.07 Å². The summed E-state index contributed by atoms with van der Waals surface area (Å²) < 4.78 is 49.2. The standard InChI is InChI=1S/C14H16F3NO3/c15-14(16,17)13(6-7-18-10-13)12(19)21-9-8-20-11-4-2-1-3-5-11/h1-5,18H,6-10H2. The second-order valence-corrected chi connectivity index (χ2v) is 4.80. The van der Waals surface area contributed by atoms with Gasteiger partial charge in [-0.3, -0.25) is 4.79 Å². The molecule has 4 nitrogen and oxygen atoms in total. The molecule has 2 rings (SSSR count). The number of ether oxygens (including phenoxy) is 2. The molecule has 21 heavy (non-hydrogen) atoms. The molecule has 0 radical (unpaired) electrons. The van der Waals surface area contributed by atoms with Gasteiger partial charge in [-0.1, -0.05) is 18.2 Å². The molecule has 0 aromatic heterocycles. The second-order valence-electron chi connectivity index (χ2n) is 4.80. The molecule has 1 unspecified atom stereocenters. The number of esters is 1. The highest BCUT2D eigenvalue weighted by molar-refractivity contribution is 5.78. The Morgan fingerprint density at radius 1 is 1.24 bits per heavy atom. The number of hydrogen-bond acceptors (Lipinski definition) is 4. The zero-order valence-electron chi connectivity index (χ0n) is 11.3. The highest BCUT2D eigenvalue weighted by Crippen LogP contribution is 2.43. The summed E-state index contributed by atoms with van der Waals surface area (Å²) in [5, 5.41) is 2.56. The summed E-state index contributed by atoms with van der Waals surface area (Å²) in [4.78, 5) is 11.8. The van der Waals surface area contributed by atoms with E-state index >= 15 is 0 Å². The molecule has 7 heteroatoms. The minimum Gasteiger partial charge on any atom is -0.490 e. The maximum Gasteiger partial charge on any atom is 0.406 e. The molecule has 1 aromatic carbocycles. The van der Waals surface area contributed by atoms with E-state index in [1.54, 1.807) is 24.3 Å². The van der Waals surface area contributed by atoms with Gasteiger partial charge in [0.2, 0.25) is 0 Å². The normalized spacial score (nSPS) is 22.0. The Morgan fingerprint density at radius 2 is 1.95 bits per heavy atom. The van der Waals surface area contributed by atoms with E-state index in [1.165, 1.54) is 0 Å². The van der Waals surface area contributed by atoms with Gasteiger partial charge in [-0.05, 0) is 25.1 Å². The summed E-state index contributed by atoms with van der Waals surface area (Å²) in [6, 6.07) is 8.77. The Balaban J connectivity index is 1.83. The number of hydrogen-bond donors (Lipinski definition) is 1. The molecule has 0 amide bonds. The quantitative estimate of drug-likeness (QED) is 0.669. The van der Waals surface area contributed by atoms with E-state index in [-0.39, 0.29) is 26.2 Å². The van der Waals surface area contributed by atoms with Gasteiger partial charge in [0, 0.05) is 6.54 Å². The fraction of sp³-hybridized carbons (Fsp3) is 0.500. The summed E-state index contributed by atoms with van der Waals surface area (Å²) in [5.41, 5.74) is -2.43. The van der Waals surface area contributed by atoms with Crippen LogP contribution in [0.2, 0.25) is 0 Å². The lowest BCUT2D eigenvalue weighted by Gasteiger charge is -2.28. The van der Waals surface area contributed by atoms with Crippen LogP contribution in [0.15, 0.2) is 30.3 Å². The number of alkyl halides is 3. The highest BCUT2D eigenvalue weighted by atomic mass is 19.4. The predicted molar refractivity (Wildman–Crippen MR) is 68.9 cm³/mol. The molecule has 0 bridgehead atoms. The number of carbonyl (C=O) groups excluding carboxylic acids is 1. The van der Waals surface area contributed by atoms with Crippen LogP contribution in [0.4, 0.5) is 13.2 Å². The maximum absolute atomic E-state index is 13.1. The van der Waals surface area contributed by atoms with Crippen molar-refractivity contribution in [3.05, 3.63) is 30.3 Å². The molecule has 1 saturated heterocycles. The van der Waals surface area contributed by atoms with Gasteiger partial charge in [0.15, 0.2) is 5.41 Å². The van der Waals surface area contributed by atoms with Crippen LogP contribution in [-0.2, 0) is 9.53 Å². The molecular weight excluding hydrogens is 287 g/mol. The van der Waals surface area contributed by atoms with E-state index in [9.17, 15) is 18.0 Å². The first-order chi connectivity index (χ1) is 9.96. The molecule has 116 valence electrons. The minimum atomic E-state index is -4.62. The number of rotatable bonds is 5.